The van der Waals surface area contributed by atoms with Crippen molar-refractivity contribution < 1.29 is 4.79 Å². The Bertz CT molecular complexity index is 671. The fourth-order valence-electron chi connectivity index (χ4n) is 2.86. The van der Waals surface area contributed by atoms with E-state index >= 15 is 0 Å². The fourth-order valence-corrected chi connectivity index (χ4v) is 2.86. The quantitative estimate of drug-likeness (QED) is 0.916. The first-order valence-electron chi connectivity index (χ1n) is 7.78. The first-order valence-corrected chi connectivity index (χ1v) is 7.78. The van der Waals surface area contributed by atoms with Crippen LogP contribution in [0.3, 0.4) is 0 Å². The molecule has 0 bridgehead atoms. The minimum atomic E-state index is -0.158. The number of nitrogens with zero attached hydrogens (tertiary/aromatic N) is 2. The number of piperidine rings is 1. The summed E-state index contributed by atoms with van der Waals surface area (Å²) in [4.78, 5) is 12.3. The van der Waals surface area contributed by atoms with Crippen LogP contribution in [-0.2, 0) is 0 Å². The minimum absolute atomic E-state index is 0.158. The lowest BCUT2D eigenvalue weighted by molar-refractivity contribution is 0.102. The minimum Gasteiger partial charge on any atom is -0.320 e. The van der Waals surface area contributed by atoms with Crippen molar-refractivity contribution in [2.45, 2.75) is 32.7 Å². The highest BCUT2D eigenvalue weighted by Gasteiger charge is 2.18. The smallest absolute Gasteiger partial charge is 0.276 e. The standard InChI is InChI=1S/C17H22N4O/c1-12-5-6-15(13(2)10-12)19-17(22)16-7-9-21(20-16)14-4-3-8-18-11-14/h5-7,9-10,14,18H,3-4,8,11H2,1-2H3,(H,19,22). The lowest BCUT2D eigenvalue weighted by atomic mass is 10.1. The molecule has 1 aliphatic rings. The van der Waals surface area contributed by atoms with Crippen LogP contribution in [0.25, 0.3) is 0 Å². The summed E-state index contributed by atoms with van der Waals surface area (Å²) in [5.74, 6) is -0.158. The summed E-state index contributed by atoms with van der Waals surface area (Å²) in [7, 11) is 0. The molecule has 2 N–H and O–H groups in total. The summed E-state index contributed by atoms with van der Waals surface area (Å²) >= 11 is 0. The molecule has 22 heavy (non-hydrogen) atoms. The Morgan fingerprint density at radius 2 is 2.23 bits per heavy atom. The normalized spacial score (nSPS) is 18.2. The molecule has 0 aliphatic carbocycles. The largest absolute Gasteiger partial charge is 0.320 e. The van der Waals surface area contributed by atoms with E-state index in [9.17, 15) is 4.79 Å². The Hall–Kier alpha value is -2.14. The molecule has 1 unspecified atom stereocenters. The number of hydrogen-bond acceptors (Lipinski definition) is 3. The van der Waals surface area contributed by atoms with Gasteiger partial charge in [0.1, 0.15) is 0 Å². The number of amides is 1. The Balaban J connectivity index is 1.71. The number of hydrogen-bond donors (Lipinski definition) is 2. The van der Waals surface area contributed by atoms with E-state index in [1.807, 2.05) is 36.9 Å². The average Bonchev–Trinajstić information content (AvgIpc) is 3.01. The zero-order valence-electron chi connectivity index (χ0n) is 13.1. The van der Waals surface area contributed by atoms with Crippen LogP contribution >= 0.6 is 0 Å². The van der Waals surface area contributed by atoms with Crippen molar-refractivity contribution in [1.29, 1.82) is 0 Å². The molecule has 1 aromatic carbocycles. The highest BCUT2D eigenvalue weighted by molar-refractivity contribution is 6.03. The molecule has 2 aromatic rings. The van der Waals surface area contributed by atoms with Gasteiger partial charge in [-0.15, -0.1) is 0 Å². The topological polar surface area (TPSA) is 59.0 Å². The zero-order chi connectivity index (χ0) is 15.5. The maximum Gasteiger partial charge on any atom is 0.276 e. The van der Waals surface area contributed by atoms with E-state index in [4.69, 9.17) is 0 Å². The Morgan fingerprint density at radius 3 is 2.95 bits per heavy atom. The first kappa shape index (κ1) is 14.8. The molecule has 1 aliphatic heterocycles. The van der Waals surface area contributed by atoms with Gasteiger partial charge in [0.25, 0.3) is 5.91 Å². The van der Waals surface area contributed by atoms with Gasteiger partial charge in [-0.2, -0.15) is 5.10 Å². The number of carbonyl (C=O) groups excluding carboxylic acids is 1. The fraction of sp³-hybridized carbons (Fsp3) is 0.412. The molecule has 1 aromatic heterocycles. The van der Waals surface area contributed by atoms with E-state index in [1.165, 1.54) is 5.56 Å². The average molecular weight is 298 g/mol. The van der Waals surface area contributed by atoms with Crippen LogP contribution in [0, 0.1) is 13.8 Å². The third-order valence-corrected chi connectivity index (χ3v) is 4.12. The molecule has 116 valence electrons. The molecule has 0 radical (unpaired) electrons. The van der Waals surface area contributed by atoms with Gasteiger partial charge in [0.05, 0.1) is 6.04 Å². The van der Waals surface area contributed by atoms with Crippen molar-refractivity contribution in [3.05, 3.63) is 47.3 Å². The van der Waals surface area contributed by atoms with Crippen molar-refractivity contribution in [2.75, 3.05) is 18.4 Å². The highest BCUT2D eigenvalue weighted by Crippen LogP contribution is 2.18. The van der Waals surface area contributed by atoms with Crippen LogP contribution in [0.4, 0.5) is 5.69 Å². The predicted octanol–water partition coefficient (Wildman–Crippen LogP) is 2.68. The molecule has 1 atom stereocenters. The molecule has 2 heterocycles. The van der Waals surface area contributed by atoms with Crippen LogP contribution < -0.4 is 10.6 Å². The molecule has 1 amide bonds. The summed E-state index contributed by atoms with van der Waals surface area (Å²) in [5.41, 5.74) is 3.55. The number of carbonyl (C=O) groups is 1. The maximum atomic E-state index is 12.3. The van der Waals surface area contributed by atoms with Gasteiger partial charge in [-0.25, -0.2) is 0 Å². The predicted molar refractivity (Wildman–Crippen MR) is 87.2 cm³/mol. The van der Waals surface area contributed by atoms with Crippen molar-refractivity contribution >= 4 is 11.6 Å². The van der Waals surface area contributed by atoms with Crippen LogP contribution in [0.5, 0.6) is 0 Å². The second-order valence-electron chi connectivity index (χ2n) is 5.95. The van der Waals surface area contributed by atoms with Crippen molar-refractivity contribution in [2.24, 2.45) is 0 Å². The molecule has 5 nitrogen and oxygen atoms in total. The van der Waals surface area contributed by atoms with Gasteiger partial charge >= 0.3 is 0 Å². The van der Waals surface area contributed by atoms with E-state index < -0.39 is 0 Å². The lowest BCUT2D eigenvalue weighted by Crippen LogP contribution is -2.32. The number of aromatic nitrogens is 2. The van der Waals surface area contributed by atoms with Gasteiger partial charge < -0.3 is 10.6 Å². The van der Waals surface area contributed by atoms with Gasteiger partial charge in [0, 0.05) is 18.4 Å². The first-order chi connectivity index (χ1) is 10.6. The summed E-state index contributed by atoms with van der Waals surface area (Å²) in [5, 5.41) is 10.7. The van der Waals surface area contributed by atoms with Crippen molar-refractivity contribution in [3.63, 3.8) is 0 Å². The SMILES string of the molecule is Cc1ccc(NC(=O)c2ccn(C3CCCNC3)n2)c(C)c1. The Morgan fingerprint density at radius 1 is 1.36 bits per heavy atom. The molecule has 3 rings (SSSR count). The molecule has 0 spiro atoms. The maximum absolute atomic E-state index is 12.3. The van der Waals surface area contributed by atoms with Crippen molar-refractivity contribution in [3.8, 4) is 0 Å². The number of rotatable bonds is 3. The number of nitrogens with one attached hydrogen (secondary N) is 2. The summed E-state index contributed by atoms with van der Waals surface area (Å²) in [6, 6.07) is 8.12. The van der Waals surface area contributed by atoms with E-state index in [2.05, 4.69) is 21.8 Å². The zero-order valence-corrected chi connectivity index (χ0v) is 13.1. The summed E-state index contributed by atoms with van der Waals surface area (Å²) in [6.07, 6.45) is 4.15. The molecule has 1 saturated heterocycles. The van der Waals surface area contributed by atoms with E-state index in [0.29, 0.717) is 11.7 Å². The van der Waals surface area contributed by atoms with E-state index in [-0.39, 0.29) is 5.91 Å². The van der Waals surface area contributed by atoms with Crippen LogP contribution in [0.15, 0.2) is 30.5 Å². The number of anilines is 1. The molecular weight excluding hydrogens is 276 g/mol. The lowest BCUT2D eigenvalue weighted by Gasteiger charge is -2.22. The van der Waals surface area contributed by atoms with Gasteiger partial charge in [-0.1, -0.05) is 17.7 Å². The van der Waals surface area contributed by atoms with Gasteiger partial charge in [0.15, 0.2) is 5.69 Å². The van der Waals surface area contributed by atoms with Crippen LogP contribution in [0.2, 0.25) is 0 Å². The summed E-state index contributed by atoms with van der Waals surface area (Å²) < 4.78 is 1.91. The second kappa shape index (κ2) is 6.32. The monoisotopic (exact) mass is 298 g/mol. The Labute approximate surface area is 130 Å². The van der Waals surface area contributed by atoms with E-state index in [1.54, 1.807) is 6.07 Å². The third-order valence-electron chi connectivity index (χ3n) is 4.12. The molecule has 5 heteroatoms. The van der Waals surface area contributed by atoms with Crippen molar-refractivity contribution in [1.82, 2.24) is 15.1 Å². The van der Waals surface area contributed by atoms with Gasteiger partial charge in [-0.3, -0.25) is 9.48 Å². The van der Waals surface area contributed by atoms with Gasteiger partial charge in [0.2, 0.25) is 0 Å². The Kier molecular flexibility index (Phi) is 4.24. The molecule has 1 fully saturated rings. The molecule has 0 saturated carbocycles. The van der Waals surface area contributed by atoms with Gasteiger partial charge in [-0.05, 0) is 50.9 Å². The molecular formula is C17H22N4O. The number of aryl methyl sites for hydroxylation is 2. The third kappa shape index (κ3) is 3.20. The number of benzene rings is 1. The van der Waals surface area contributed by atoms with Crippen LogP contribution in [0.1, 0.15) is 40.5 Å². The van der Waals surface area contributed by atoms with Crippen LogP contribution in [-0.4, -0.2) is 28.8 Å². The van der Waals surface area contributed by atoms with E-state index in [0.717, 1.165) is 37.2 Å². The highest BCUT2D eigenvalue weighted by atomic mass is 16.1. The summed E-state index contributed by atoms with van der Waals surface area (Å²) in [6.45, 7) is 6.02. The second-order valence-corrected chi connectivity index (χ2v) is 5.95.